The van der Waals surface area contributed by atoms with Crippen molar-refractivity contribution in [2.75, 3.05) is 5.32 Å². The molecule has 0 aliphatic carbocycles. The molecule has 6 heteroatoms. The van der Waals surface area contributed by atoms with Gasteiger partial charge in [0.2, 0.25) is 0 Å². The molecule has 20 heavy (non-hydrogen) atoms. The average molecular weight is 267 g/mol. The van der Waals surface area contributed by atoms with Gasteiger partial charge in [-0.2, -0.15) is 5.26 Å². The van der Waals surface area contributed by atoms with Gasteiger partial charge in [-0.05, 0) is 30.3 Å². The highest BCUT2D eigenvalue weighted by Crippen LogP contribution is 2.12. The van der Waals surface area contributed by atoms with E-state index in [1.54, 1.807) is 6.07 Å². The van der Waals surface area contributed by atoms with Crippen LogP contribution in [0, 0.1) is 11.3 Å². The van der Waals surface area contributed by atoms with E-state index in [2.05, 4.69) is 10.3 Å². The predicted octanol–water partition coefficient (Wildman–Crippen LogP) is 1.90. The molecule has 0 atom stereocenters. The lowest BCUT2D eigenvalue weighted by Crippen LogP contribution is -2.14. The van der Waals surface area contributed by atoms with Crippen molar-refractivity contribution in [3.05, 3.63) is 59.4 Å². The van der Waals surface area contributed by atoms with Crippen LogP contribution in [0.25, 0.3) is 0 Å². The highest BCUT2D eigenvalue weighted by atomic mass is 16.4. The van der Waals surface area contributed by atoms with Crippen LogP contribution in [-0.2, 0) is 0 Å². The Balaban J connectivity index is 2.17. The number of anilines is 1. The van der Waals surface area contributed by atoms with Crippen LogP contribution in [0.5, 0.6) is 0 Å². The highest BCUT2D eigenvalue weighted by Gasteiger charge is 2.09. The molecule has 0 saturated carbocycles. The maximum Gasteiger partial charge on any atom is 0.335 e. The number of aromatic carboxylic acids is 1. The first-order valence-corrected chi connectivity index (χ1v) is 5.61. The molecule has 2 N–H and O–H groups in total. The standard InChI is InChI=1S/C14H9N3O3/c15-7-9-4-5-12(16-8-9)13(18)17-11-3-1-2-10(6-11)14(19)20/h1-6,8H,(H,17,18)(H,19,20). The summed E-state index contributed by atoms with van der Waals surface area (Å²) in [7, 11) is 0. The Labute approximate surface area is 114 Å². The molecule has 2 aromatic rings. The van der Waals surface area contributed by atoms with Crippen LogP contribution in [0.4, 0.5) is 5.69 Å². The molecular formula is C14H9N3O3. The zero-order valence-corrected chi connectivity index (χ0v) is 10.2. The van der Waals surface area contributed by atoms with Gasteiger partial charge in [0.25, 0.3) is 5.91 Å². The Bertz CT molecular complexity index is 702. The first-order valence-electron chi connectivity index (χ1n) is 5.61. The van der Waals surface area contributed by atoms with Gasteiger partial charge >= 0.3 is 5.97 Å². The van der Waals surface area contributed by atoms with E-state index >= 15 is 0 Å². The molecule has 0 radical (unpaired) electrons. The molecule has 1 aromatic heterocycles. The fourth-order valence-corrected chi connectivity index (χ4v) is 1.52. The van der Waals surface area contributed by atoms with Crippen molar-refractivity contribution in [1.29, 1.82) is 5.26 Å². The maximum atomic E-state index is 11.9. The second-order valence-electron chi connectivity index (χ2n) is 3.88. The fraction of sp³-hybridized carbons (Fsp3) is 0. The van der Waals surface area contributed by atoms with Gasteiger partial charge in [0, 0.05) is 11.9 Å². The number of carbonyl (C=O) groups is 2. The SMILES string of the molecule is N#Cc1ccc(C(=O)Nc2cccc(C(=O)O)c2)nc1. The van der Waals surface area contributed by atoms with E-state index in [1.165, 1.54) is 36.5 Å². The van der Waals surface area contributed by atoms with Gasteiger partial charge < -0.3 is 10.4 Å². The predicted molar refractivity (Wildman–Crippen MR) is 70.3 cm³/mol. The molecule has 6 nitrogen and oxygen atoms in total. The normalized spacial score (nSPS) is 9.55. The van der Waals surface area contributed by atoms with E-state index in [0.29, 0.717) is 11.3 Å². The number of nitriles is 1. The van der Waals surface area contributed by atoms with E-state index in [0.717, 1.165) is 0 Å². The summed E-state index contributed by atoms with van der Waals surface area (Å²) in [6.07, 6.45) is 1.29. The number of carbonyl (C=O) groups excluding carboxylic acids is 1. The number of nitrogens with zero attached hydrogens (tertiary/aromatic N) is 2. The first kappa shape index (κ1) is 13.2. The average Bonchev–Trinajstić information content (AvgIpc) is 2.47. The molecule has 1 heterocycles. The minimum absolute atomic E-state index is 0.0792. The van der Waals surface area contributed by atoms with Crippen molar-refractivity contribution >= 4 is 17.6 Å². The van der Waals surface area contributed by atoms with E-state index < -0.39 is 11.9 Å². The van der Waals surface area contributed by atoms with E-state index in [-0.39, 0.29) is 11.3 Å². The number of hydrogen-bond donors (Lipinski definition) is 2. The summed E-state index contributed by atoms with van der Waals surface area (Å²) in [5, 5.41) is 20.0. The smallest absolute Gasteiger partial charge is 0.335 e. The number of aromatic nitrogens is 1. The Kier molecular flexibility index (Phi) is 3.72. The summed E-state index contributed by atoms with van der Waals surface area (Å²) in [5.41, 5.74) is 0.941. The van der Waals surface area contributed by atoms with E-state index in [9.17, 15) is 9.59 Å². The minimum atomic E-state index is -1.07. The fourth-order valence-electron chi connectivity index (χ4n) is 1.52. The number of benzene rings is 1. The second-order valence-corrected chi connectivity index (χ2v) is 3.88. The summed E-state index contributed by atoms with van der Waals surface area (Å²) in [4.78, 5) is 26.6. The molecule has 98 valence electrons. The molecule has 0 aliphatic heterocycles. The van der Waals surface area contributed by atoms with Gasteiger partial charge in [0.15, 0.2) is 0 Å². The molecule has 0 unspecified atom stereocenters. The summed E-state index contributed by atoms with van der Waals surface area (Å²) in [6.45, 7) is 0. The molecular weight excluding hydrogens is 258 g/mol. The molecule has 0 fully saturated rings. The minimum Gasteiger partial charge on any atom is -0.478 e. The largest absolute Gasteiger partial charge is 0.478 e. The van der Waals surface area contributed by atoms with Crippen molar-refractivity contribution in [3.63, 3.8) is 0 Å². The Morgan fingerprint density at radius 3 is 2.65 bits per heavy atom. The zero-order valence-electron chi connectivity index (χ0n) is 10.2. The molecule has 0 saturated heterocycles. The summed E-state index contributed by atoms with van der Waals surface area (Å²) >= 11 is 0. The van der Waals surface area contributed by atoms with Crippen molar-refractivity contribution in [1.82, 2.24) is 4.98 Å². The van der Waals surface area contributed by atoms with Crippen molar-refractivity contribution in [2.45, 2.75) is 0 Å². The summed E-state index contributed by atoms with van der Waals surface area (Å²) < 4.78 is 0. The van der Waals surface area contributed by atoms with Gasteiger partial charge in [0.05, 0.1) is 11.1 Å². The number of rotatable bonds is 3. The number of nitrogens with one attached hydrogen (secondary N) is 1. The third kappa shape index (κ3) is 2.97. The quantitative estimate of drug-likeness (QED) is 0.884. The van der Waals surface area contributed by atoms with Crippen molar-refractivity contribution in [2.24, 2.45) is 0 Å². The number of carboxylic acid groups (broad SMARTS) is 1. The maximum absolute atomic E-state index is 11.9. The van der Waals surface area contributed by atoms with Gasteiger partial charge in [-0.15, -0.1) is 0 Å². The monoisotopic (exact) mass is 267 g/mol. The molecule has 0 bridgehead atoms. The van der Waals surface area contributed by atoms with Crippen LogP contribution in [0.1, 0.15) is 26.4 Å². The number of hydrogen-bond acceptors (Lipinski definition) is 4. The van der Waals surface area contributed by atoms with Crippen molar-refractivity contribution in [3.8, 4) is 6.07 Å². The van der Waals surface area contributed by atoms with Crippen molar-refractivity contribution < 1.29 is 14.7 Å². The van der Waals surface area contributed by atoms with Crippen LogP contribution < -0.4 is 5.32 Å². The van der Waals surface area contributed by atoms with Gasteiger partial charge in [0.1, 0.15) is 11.8 Å². The number of amides is 1. The molecule has 0 aliphatic rings. The Morgan fingerprint density at radius 1 is 1.25 bits per heavy atom. The Hall–Kier alpha value is -3.20. The number of carboxylic acids is 1. The van der Waals surface area contributed by atoms with Gasteiger partial charge in [-0.25, -0.2) is 9.78 Å². The van der Waals surface area contributed by atoms with E-state index in [1.807, 2.05) is 6.07 Å². The zero-order chi connectivity index (χ0) is 14.5. The lowest BCUT2D eigenvalue weighted by Gasteiger charge is -2.05. The number of pyridine rings is 1. The summed E-state index contributed by atoms with van der Waals surface area (Å²) in [6, 6.07) is 10.7. The molecule has 2 rings (SSSR count). The molecule has 1 aromatic carbocycles. The lowest BCUT2D eigenvalue weighted by atomic mass is 10.2. The second kappa shape index (κ2) is 5.63. The topological polar surface area (TPSA) is 103 Å². The Morgan fingerprint density at radius 2 is 2.05 bits per heavy atom. The third-order valence-electron chi connectivity index (χ3n) is 2.49. The van der Waals surface area contributed by atoms with Gasteiger partial charge in [-0.1, -0.05) is 6.07 Å². The van der Waals surface area contributed by atoms with Gasteiger partial charge in [-0.3, -0.25) is 4.79 Å². The van der Waals surface area contributed by atoms with E-state index in [4.69, 9.17) is 10.4 Å². The van der Waals surface area contributed by atoms with Crippen LogP contribution in [0.15, 0.2) is 42.6 Å². The highest BCUT2D eigenvalue weighted by molar-refractivity contribution is 6.03. The van der Waals surface area contributed by atoms with Crippen LogP contribution in [-0.4, -0.2) is 22.0 Å². The third-order valence-corrected chi connectivity index (χ3v) is 2.49. The lowest BCUT2D eigenvalue weighted by molar-refractivity contribution is 0.0696. The van der Waals surface area contributed by atoms with Crippen LogP contribution >= 0.6 is 0 Å². The molecule has 0 spiro atoms. The van der Waals surface area contributed by atoms with Crippen LogP contribution in [0.3, 0.4) is 0 Å². The summed E-state index contributed by atoms with van der Waals surface area (Å²) in [5.74, 6) is -1.55. The van der Waals surface area contributed by atoms with Crippen LogP contribution in [0.2, 0.25) is 0 Å². The first-order chi connectivity index (χ1) is 9.60. The molecule has 1 amide bonds.